The zero-order valence-electron chi connectivity index (χ0n) is 10.7. The number of hydrogen-bond acceptors (Lipinski definition) is 5. The number of carbonyl (C=O) groups is 1. The molecule has 1 heterocycles. The summed E-state index contributed by atoms with van der Waals surface area (Å²) < 4.78 is 31.6. The minimum Gasteiger partial charge on any atom is -0.482 e. The number of nitrogens with one attached hydrogen (secondary N) is 2. The molecule has 0 atom stereocenters. The van der Waals surface area contributed by atoms with Gasteiger partial charge in [-0.25, -0.2) is 8.42 Å². The maximum absolute atomic E-state index is 11.9. The van der Waals surface area contributed by atoms with Gasteiger partial charge in [-0.15, -0.1) is 0 Å². The molecule has 1 saturated carbocycles. The predicted molar refractivity (Wildman–Crippen MR) is 75.1 cm³/mol. The highest BCUT2D eigenvalue weighted by Crippen LogP contribution is 2.36. The number of anilines is 3. The lowest BCUT2D eigenvalue weighted by molar-refractivity contribution is -0.118. The van der Waals surface area contributed by atoms with Crippen molar-refractivity contribution in [1.82, 2.24) is 0 Å². The first-order valence-corrected chi connectivity index (χ1v) is 7.95. The van der Waals surface area contributed by atoms with Crippen LogP contribution in [0, 0.1) is 5.92 Å². The van der Waals surface area contributed by atoms with Crippen LogP contribution in [0.15, 0.2) is 12.1 Å². The Balaban J connectivity index is 1.85. The van der Waals surface area contributed by atoms with Crippen LogP contribution in [0.3, 0.4) is 0 Å². The number of benzene rings is 1. The molecule has 4 N–H and O–H groups in total. The fraction of sp³-hybridized carbons (Fsp3) is 0.417. The maximum atomic E-state index is 11.9. The highest BCUT2D eigenvalue weighted by molar-refractivity contribution is 7.92. The number of ether oxygens (including phenoxy) is 1. The fourth-order valence-corrected chi connectivity index (χ4v) is 3.58. The third-order valence-electron chi connectivity index (χ3n) is 3.20. The van der Waals surface area contributed by atoms with Crippen molar-refractivity contribution in [2.24, 2.45) is 5.92 Å². The van der Waals surface area contributed by atoms with Crippen LogP contribution in [0.25, 0.3) is 0 Å². The van der Waals surface area contributed by atoms with E-state index in [0.29, 0.717) is 11.4 Å². The molecule has 20 heavy (non-hydrogen) atoms. The minimum atomic E-state index is -3.42. The second-order valence-electron chi connectivity index (χ2n) is 5.10. The third kappa shape index (κ3) is 2.79. The van der Waals surface area contributed by atoms with Crippen LogP contribution in [0.4, 0.5) is 17.1 Å². The van der Waals surface area contributed by atoms with Gasteiger partial charge in [0.2, 0.25) is 10.0 Å². The predicted octanol–water partition coefficient (Wildman–Crippen LogP) is 0.751. The summed E-state index contributed by atoms with van der Waals surface area (Å²) in [7, 11) is -3.42. The van der Waals surface area contributed by atoms with Gasteiger partial charge in [-0.3, -0.25) is 9.52 Å². The van der Waals surface area contributed by atoms with Crippen molar-refractivity contribution in [2.45, 2.75) is 12.8 Å². The molecule has 3 rings (SSSR count). The molecule has 1 fully saturated rings. The van der Waals surface area contributed by atoms with Crippen molar-refractivity contribution in [1.29, 1.82) is 0 Å². The zero-order valence-corrected chi connectivity index (χ0v) is 11.5. The van der Waals surface area contributed by atoms with E-state index in [0.717, 1.165) is 12.8 Å². The van der Waals surface area contributed by atoms with Crippen LogP contribution < -0.4 is 20.5 Å². The number of carbonyl (C=O) groups excluding carboxylic acids is 1. The Hall–Kier alpha value is -1.96. The van der Waals surface area contributed by atoms with Crippen molar-refractivity contribution in [3.63, 3.8) is 0 Å². The van der Waals surface area contributed by atoms with E-state index >= 15 is 0 Å². The second-order valence-corrected chi connectivity index (χ2v) is 6.87. The van der Waals surface area contributed by atoms with E-state index in [1.807, 2.05) is 0 Å². The number of nitrogen functional groups attached to an aromatic ring is 1. The standard InChI is InChI=1S/C12H15N3O4S/c13-8-3-11-10(14-12(16)5-19-11)4-9(8)15-20(17,18)6-7-1-2-7/h3-4,7,15H,1-2,5-6,13H2,(H,14,16). The summed E-state index contributed by atoms with van der Waals surface area (Å²) in [5.41, 5.74) is 6.75. The van der Waals surface area contributed by atoms with E-state index in [4.69, 9.17) is 10.5 Å². The van der Waals surface area contributed by atoms with Crippen molar-refractivity contribution in [3.8, 4) is 5.75 Å². The Kier molecular flexibility index (Phi) is 2.97. The molecule has 0 aromatic heterocycles. The van der Waals surface area contributed by atoms with Gasteiger partial charge in [0.05, 0.1) is 22.8 Å². The van der Waals surface area contributed by atoms with Gasteiger partial charge in [0.15, 0.2) is 6.61 Å². The Morgan fingerprint density at radius 2 is 2.15 bits per heavy atom. The Morgan fingerprint density at radius 1 is 1.40 bits per heavy atom. The van der Waals surface area contributed by atoms with Crippen LogP contribution in [0.5, 0.6) is 5.75 Å². The molecule has 0 unspecified atom stereocenters. The van der Waals surface area contributed by atoms with Crippen LogP contribution >= 0.6 is 0 Å². The molecule has 2 aliphatic rings. The fourth-order valence-electron chi connectivity index (χ4n) is 2.03. The molecule has 0 radical (unpaired) electrons. The summed E-state index contributed by atoms with van der Waals surface area (Å²) in [6.45, 7) is -0.0702. The molecule has 108 valence electrons. The monoisotopic (exact) mass is 297 g/mol. The lowest BCUT2D eigenvalue weighted by atomic mass is 10.2. The molecular formula is C12H15N3O4S. The van der Waals surface area contributed by atoms with Gasteiger partial charge in [0.1, 0.15) is 5.75 Å². The van der Waals surface area contributed by atoms with Crippen LogP contribution in [-0.4, -0.2) is 26.7 Å². The Morgan fingerprint density at radius 3 is 2.85 bits per heavy atom. The molecule has 0 bridgehead atoms. The van der Waals surface area contributed by atoms with Gasteiger partial charge >= 0.3 is 0 Å². The van der Waals surface area contributed by atoms with Crippen LogP contribution in [0.1, 0.15) is 12.8 Å². The molecule has 0 spiro atoms. The number of amides is 1. The van der Waals surface area contributed by atoms with Gasteiger partial charge in [-0.2, -0.15) is 0 Å². The highest BCUT2D eigenvalue weighted by Gasteiger charge is 2.28. The molecule has 8 heteroatoms. The molecule has 0 saturated heterocycles. The smallest absolute Gasteiger partial charge is 0.262 e. The van der Waals surface area contributed by atoms with Crippen LogP contribution in [-0.2, 0) is 14.8 Å². The van der Waals surface area contributed by atoms with E-state index in [-0.39, 0.29) is 35.6 Å². The first-order valence-electron chi connectivity index (χ1n) is 6.29. The molecule has 1 aromatic carbocycles. The summed E-state index contributed by atoms with van der Waals surface area (Å²) in [5.74, 6) is 0.502. The number of nitrogens with two attached hydrogens (primary N) is 1. The van der Waals surface area contributed by atoms with Crippen molar-refractivity contribution in [3.05, 3.63) is 12.1 Å². The summed E-state index contributed by atoms with van der Waals surface area (Å²) >= 11 is 0. The zero-order chi connectivity index (χ0) is 14.3. The quantitative estimate of drug-likeness (QED) is 0.710. The molecular weight excluding hydrogens is 282 g/mol. The molecule has 1 aromatic rings. The first-order chi connectivity index (χ1) is 9.43. The Bertz CT molecular complexity index is 668. The molecule has 1 aliphatic carbocycles. The van der Waals surface area contributed by atoms with E-state index in [1.165, 1.54) is 12.1 Å². The van der Waals surface area contributed by atoms with Crippen molar-refractivity contribution >= 4 is 33.0 Å². The lowest BCUT2D eigenvalue weighted by Gasteiger charge is -2.20. The normalized spacial score (nSPS) is 17.9. The Labute approximate surface area is 116 Å². The van der Waals surface area contributed by atoms with Gasteiger partial charge in [-0.05, 0) is 24.8 Å². The second kappa shape index (κ2) is 4.55. The summed E-state index contributed by atoms with van der Waals surface area (Å²) in [4.78, 5) is 11.3. The summed E-state index contributed by atoms with van der Waals surface area (Å²) in [5, 5.41) is 2.61. The van der Waals surface area contributed by atoms with Crippen molar-refractivity contribution in [2.75, 3.05) is 28.1 Å². The summed E-state index contributed by atoms with van der Waals surface area (Å²) in [6, 6.07) is 2.98. The minimum absolute atomic E-state index is 0.0702. The average molecular weight is 297 g/mol. The van der Waals surface area contributed by atoms with E-state index < -0.39 is 10.0 Å². The van der Waals surface area contributed by atoms with Gasteiger partial charge in [-0.1, -0.05) is 0 Å². The topological polar surface area (TPSA) is 111 Å². The van der Waals surface area contributed by atoms with E-state index in [9.17, 15) is 13.2 Å². The molecule has 7 nitrogen and oxygen atoms in total. The van der Waals surface area contributed by atoms with Gasteiger partial charge < -0.3 is 15.8 Å². The largest absolute Gasteiger partial charge is 0.482 e. The number of sulfonamides is 1. The van der Waals surface area contributed by atoms with Gasteiger partial charge in [0, 0.05) is 6.07 Å². The maximum Gasteiger partial charge on any atom is 0.262 e. The highest BCUT2D eigenvalue weighted by atomic mass is 32.2. The number of rotatable bonds is 4. The summed E-state index contributed by atoms with van der Waals surface area (Å²) in [6.07, 6.45) is 1.90. The molecule has 1 amide bonds. The van der Waals surface area contributed by atoms with Gasteiger partial charge in [0.25, 0.3) is 5.91 Å². The SMILES string of the molecule is Nc1cc2c(cc1NS(=O)(=O)CC1CC1)NC(=O)CO2. The van der Waals surface area contributed by atoms with Crippen LogP contribution in [0.2, 0.25) is 0 Å². The lowest BCUT2D eigenvalue weighted by Crippen LogP contribution is -2.26. The number of hydrogen-bond donors (Lipinski definition) is 3. The molecule has 1 aliphatic heterocycles. The first kappa shape index (κ1) is 13.0. The average Bonchev–Trinajstić information content (AvgIpc) is 3.13. The van der Waals surface area contributed by atoms with Crippen molar-refractivity contribution < 1.29 is 17.9 Å². The van der Waals surface area contributed by atoms with E-state index in [1.54, 1.807) is 0 Å². The third-order valence-corrected chi connectivity index (χ3v) is 4.64. The number of fused-ring (bicyclic) bond motifs is 1. The van der Waals surface area contributed by atoms with E-state index in [2.05, 4.69) is 10.0 Å².